The van der Waals surface area contributed by atoms with Crippen LogP contribution < -0.4 is 5.73 Å². The first-order valence-electron chi connectivity index (χ1n) is 8.87. The lowest BCUT2D eigenvalue weighted by Gasteiger charge is -2.49. The topological polar surface area (TPSA) is 66.6 Å². The molecule has 1 unspecified atom stereocenters. The van der Waals surface area contributed by atoms with Crippen molar-refractivity contribution in [3.8, 4) is 0 Å². The molecule has 0 saturated carbocycles. The zero-order valence-electron chi connectivity index (χ0n) is 14.4. The van der Waals surface area contributed by atoms with Gasteiger partial charge in [-0.1, -0.05) is 30.3 Å². The van der Waals surface area contributed by atoms with Crippen LogP contribution in [0, 0.1) is 5.41 Å². The molecule has 24 heavy (non-hydrogen) atoms. The van der Waals surface area contributed by atoms with Gasteiger partial charge in [-0.05, 0) is 50.3 Å². The first kappa shape index (κ1) is 17.0. The number of primary amides is 1. The van der Waals surface area contributed by atoms with Gasteiger partial charge in [-0.15, -0.1) is 0 Å². The smallest absolute Gasteiger partial charge is 0.231 e. The molecule has 0 aliphatic carbocycles. The molecule has 1 spiro atoms. The number of nitrogens with zero attached hydrogens (tertiary/aromatic N) is 2. The Labute approximate surface area is 143 Å². The molecule has 2 amide bonds. The number of carbonyl (C=O) groups excluding carboxylic acids is 2. The van der Waals surface area contributed by atoms with Crippen molar-refractivity contribution in [2.45, 2.75) is 32.1 Å². The molecule has 1 aromatic carbocycles. The van der Waals surface area contributed by atoms with E-state index in [0.29, 0.717) is 6.54 Å². The summed E-state index contributed by atoms with van der Waals surface area (Å²) in [6.45, 7) is 5.77. The number of hydrogen-bond acceptors (Lipinski definition) is 3. The molecule has 2 saturated heterocycles. The van der Waals surface area contributed by atoms with Crippen LogP contribution >= 0.6 is 0 Å². The summed E-state index contributed by atoms with van der Waals surface area (Å²) < 4.78 is 0. The second-order valence-corrected chi connectivity index (χ2v) is 7.26. The van der Waals surface area contributed by atoms with Gasteiger partial charge in [-0.3, -0.25) is 14.5 Å². The molecular weight excluding hydrogens is 302 g/mol. The van der Waals surface area contributed by atoms with E-state index in [1.165, 1.54) is 0 Å². The Morgan fingerprint density at radius 1 is 1.25 bits per heavy atom. The molecule has 5 nitrogen and oxygen atoms in total. The largest absolute Gasteiger partial charge is 0.369 e. The van der Waals surface area contributed by atoms with Crippen molar-refractivity contribution in [3.05, 3.63) is 35.9 Å². The van der Waals surface area contributed by atoms with E-state index in [0.717, 1.165) is 51.0 Å². The molecule has 0 aromatic heterocycles. The van der Waals surface area contributed by atoms with Gasteiger partial charge in [0.25, 0.3) is 0 Å². The Morgan fingerprint density at radius 2 is 1.92 bits per heavy atom. The van der Waals surface area contributed by atoms with Crippen molar-refractivity contribution in [1.29, 1.82) is 0 Å². The fourth-order valence-corrected chi connectivity index (χ4v) is 4.27. The maximum Gasteiger partial charge on any atom is 0.231 e. The van der Waals surface area contributed by atoms with E-state index in [4.69, 9.17) is 5.73 Å². The summed E-state index contributed by atoms with van der Waals surface area (Å²) in [5.74, 6) is -0.0430. The number of piperidine rings is 2. The van der Waals surface area contributed by atoms with Gasteiger partial charge < -0.3 is 10.6 Å². The third-order valence-corrected chi connectivity index (χ3v) is 5.65. The molecule has 2 N–H and O–H groups in total. The summed E-state index contributed by atoms with van der Waals surface area (Å²) in [5, 5.41) is 0. The monoisotopic (exact) mass is 329 g/mol. The molecular formula is C19H27N3O2. The van der Waals surface area contributed by atoms with Crippen molar-refractivity contribution < 1.29 is 9.59 Å². The lowest BCUT2D eigenvalue weighted by Crippen LogP contribution is -2.54. The van der Waals surface area contributed by atoms with Gasteiger partial charge in [0.05, 0.1) is 12.5 Å². The van der Waals surface area contributed by atoms with E-state index < -0.39 is 0 Å². The third kappa shape index (κ3) is 3.46. The van der Waals surface area contributed by atoms with Crippen LogP contribution in [0.25, 0.3) is 0 Å². The second-order valence-electron chi connectivity index (χ2n) is 7.26. The molecule has 3 rings (SSSR count). The number of likely N-dealkylation sites (tertiary alicyclic amines) is 2. The highest BCUT2D eigenvalue weighted by Gasteiger charge is 2.45. The molecule has 1 aromatic rings. The third-order valence-electron chi connectivity index (χ3n) is 5.65. The van der Waals surface area contributed by atoms with Gasteiger partial charge in [0, 0.05) is 13.1 Å². The van der Waals surface area contributed by atoms with Gasteiger partial charge in [-0.25, -0.2) is 0 Å². The molecule has 2 heterocycles. The standard InChI is InChI=1S/C19H27N3O2/c1-2-22-14-19(8-10-21(11-9-19)13-17(20)23)12-16(18(22)24)15-6-4-3-5-7-15/h3-7,16H,2,8-14H2,1H3,(H2,20,23). The molecule has 1 atom stereocenters. The summed E-state index contributed by atoms with van der Waals surface area (Å²) in [6, 6.07) is 10.1. The number of amides is 2. The Morgan fingerprint density at radius 3 is 2.50 bits per heavy atom. The maximum absolute atomic E-state index is 12.8. The minimum atomic E-state index is -0.262. The van der Waals surface area contributed by atoms with Crippen molar-refractivity contribution >= 4 is 11.8 Å². The predicted octanol–water partition coefficient (Wildman–Crippen LogP) is 1.59. The summed E-state index contributed by atoms with van der Waals surface area (Å²) in [4.78, 5) is 28.1. The Kier molecular flexibility index (Phi) is 4.90. The normalized spacial score (nSPS) is 24.3. The Hall–Kier alpha value is -1.88. The van der Waals surface area contributed by atoms with Crippen LogP contribution in [-0.4, -0.2) is 54.3 Å². The predicted molar refractivity (Wildman–Crippen MR) is 93.4 cm³/mol. The van der Waals surface area contributed by atoms with Crippen LogP contribution in [0.1, 0.15) is 37.7 Å². The summed E-state index contributed by atoms with van der Waals surface area (Å²) in [5.41, 5.74) is 6.61. The lowest BCUT2D eigenvalue weighted by atomic mass is 9.67. The summed E-state index contributed by atoms with van der Waals surface area (Å²) in [6.07, 6.45) is 2.96. The van der Waals surface area contributed by atoms with E-state index in [1.807, 2.05) is 23.1 Å². The van der Waals surface area contributed by atoms with E-state index in [2.05, 4.69) is 24.0 Å². The van der Waals surface area contributed by atoms with Gasteiger partial charge in [0.1, 0.15) is 0 Å². The number of carbonyl (C=O) groups is 2. The average Bonchev–Trinajstić information content (AvgIpc) is 2.59. The fraction of sp³-hybridized carbons (Fsp3) is 0.579. The molecule has 2 fully saturated rings. The highest BCUT2D eigenvalue weighted by molar-refractivity contribution is 5.84. The molecule has 5 heteroatoms. The van der Waals surface area contributed by atoms with Crippen molar-refractivity contribution in [3.63, 3.8) is 0 Å². The van der Waals surface area contributed by atoms with Crippen molar-refractivity contribution in [2.24, 2.45) is 11.1 Å². The number of nitrogens with two attached hydrogens (primary N) is 1. The second kappa shape index (κ2) is 6.93. The highest BCUT2D eigenvalue weighted by Crippen LogP contribution is 2.45. The fourth-order valence-electron chi connectivity index (χ4n) is 4.27. The van der Waals surface area contributed by atoms with Crippen LogP contribution in [0.3, 0.4) is 0 Å². The van der Waals surface area contributed by atoms with Crippen LogP contribution in [0.2, 0.25) is 0 Å². The average molecular weight is 329 g/mol. The van der Waals surface area contributed by atoms with Crippen LogP contribution in [0.5, 0.6) is 0 Å². The lowest BCUT2D eigenvalue weighted by molar-refractivity contribution is -0.141. The SMILES string of the molecule is CCN1CC2(CCN(CC(N)=O)CC2)CC(c2ccccc2)C1=O. The van der Waals surface area contributed by atoms with Crippen LogP contribution in [0.4, 0.5) is 0 Å². The van der Waals surface area contributed by atoms with E-state index in [-0.39, 0.29) is 23.1 Å². The van der Waals surface area contributed by atoms with Crippen molar-refractivity contribution in [2.75, 3.05) is 32.7 Å². The zero-order valence-corrected chi connectivity index (χ0v) is 14.4. The van der Waals surface area contributed by atoms with E-state index >= 15 is 0 Å². The van der Waals surface area contributed by atoms with Crippen molar-refractivity contribution in [1.82, 2.24) is 9.80 Å². The van der Waals surface area contributed by atoms with E-state index in [1.54, 1.807) is 0 Å². The van der Waals surface area contributed by atoms with Gasteiger partial charge in [-0.2, -0.15) is 0 Å². The number of benzene rings is 1. The first-order valence-corrected chi connectivity index (χ1v) is 8.87. The maximum atomic E-state index is 12.8. The number of hydrogen-bond donors (Lipinski definition) is 1. The van der Waals surface area contributed by atoms with Gasteiger partial charge in [0.2, 0.25) is 11.8 Å². The van der Waals surface area contributed by atoms with Gasteiger partial charge in [0.15, 0.2) is 0 Å². The van der Waals surface area contributed by atoms with Crippen LogP contribution in [0.15, 0.2) is 30.3 Å². The quantitative estimate of drug-likeness (QED) is 0.912. The Bertz CT molecular complexity index is 594. The van der Waals surface area contributed by atoms with E-state index in [9.17, 15) is 9.59 Å². The van der Waals surface area contributed by atoms with Gasteiger partial charge >= 0.3 is 0 Å². The minimum absolute atomic E-state index is 0.0393. The minimum Gasteiger partial charge on any atom is -0.369 e. The Balaban J connectivity index is 1.77. The molecule has 2 aliphatic rings. The zero-order chi connectivity index (χ0) is 17.2. The number of likely N-dealkylation sites (N-methyl/N-ethyl adjacent to an activating group) is 1. The molecule has 0 bridgehead atoms. The summed E-state index contributed by atoms with van der Waals surface area (Å²) >= 11 is 0. The molecule has 2 aliphatic heterocycles. The first-order chi connectivity index (χ1) is 11.5. The summed E-state index contributed by atoms with van der Waals surface area (Å²) in [7, 11) is 0. The highest BCUT2D eigenvalue weighted by atomic mass is 16.2. The molecule has 0 radical (unpaired) electrons. The number of rotatable bonds is 4. The molecule has 130 valence electrons. The van der Waals surface area contributed by atoms with Crippen LogP contribution in [-0.2, 0) is 9.59 Å².